The lowest BCUT2D eigenvalue weighted by molar-refractivity contribution is -0.142. The second-order valence-electron chi connectivity index (χ2n) is 7.21. The molecule has 0 bridgehead atoms. The Hall–Kier alpha value is -3.54. The average molecular weight is 421 g/mol. The highest BCUT2D eigenvalue weighted by Gasteiger charge is 2.26. The number of nitrogens with one attached hydrogen (secondary N) is 1. The molecule has 162 valence electrons. The summed E-state index contributed by atoms with van der Waals surface area (Å²) in [6, 6.07) is 20.4. The SMILES string of the molecule is CCNC(=O)C(C)N(Cc1ccc(OC)cc1)C(=O)COc1cccc2ccccc12. The molecule has 1 N–H and O–H groups in total. The number of hydrogen-bond donors (Lipinski definition) is 1. The fourth-order valence-corrected chi connectivity index (χ4v) is 3.38. The minimum atomic E-state index is -0.634. The number of amides is 2. The largest absolute Gasteiger partial charge is 0.497 e. The molecule has 0 saturated carbocycles. The third-order valence-corrected chi connectivity index (χ3v) is 5.13. The van der Waals surface area contributed by atoms with Crippen molar-refractivity contribution >= 4 is 22.6 Å². The summed E-state index contributed by atoms with van der Waals surface area (Å²) in [5, 5.41) is 4.77. The second kappa shape index (κ2) is 10.5. The van der Waals surface area contributed by atoms with Crippen LogP contribution in [-0.4, -0.2) is 43.0 Å². The van der Waals surface area contributed by atoms with Crippen LogP contribution in [0.2, 0.25) is 0 Å². The van der Waals surface area contributed by atoms with Gasteiger partial charge >= 0.3 is 0 Å². The van der Waals surface area contributed by atoms with Crippen molar-refractivity contribution in [2.75, 3.05) is 20.3 Å². The van der Waals surface area contributed by atoms with E-state index >= 15 is 0 Å². The Morgan fingerprint density at radius 3 is 2.42 bits per heavy atom. The molecule has 3 rings (SSSR count). The molecule has 1 unspecified atom stereocenters. The predicted molar refractivity (Wildman–Crippen MR) is 121 cm³/mol. The number of hydrogen-bond acceptors (Lipinski definition) is 4. The third-order valence-electron chi connectivity index (χ3n) is 5.13. The van der Waals surface area contributed by atoms with E-state index in [1.165, 1.54) is 4.90 Å². The smallest absolute Gasteiger partial charge is 0.261 e. The van der Waals surface area contributed by atoms with Crippen LogP contribution in [0.25, 0.3) is 10.8 Å². The van der Waals surface area contributed by atoms with E-state index in [4.69, 9.17) is 9.47 Å². The molecule has 2 amide bonds. The highest BCUT2D eigenvalue weighted by molar-refractivity contribution is 5.90. The van der Waals surface area contributed by atoms with Gasteiger partial charge in [0.05, 0.1) is 7.11 Å². The Balaban J connectivity index is 1.78. The maximum atomic E-state index is 13.1. The summed E-state index contributed by atoms with van der Waals surface area (Å²) in [6.45, 7) is 4.21. The standard InChI is InChI=1S/C25H28N2O4/c1-4-26-25(29)18(2)27(16-19-12-14-21(30-3)15-13-19)24(28)17-31-23-11-7-9-20-8-5-6-10-22(20)23/h5-15,18H,4,16-17H2,1-3H3,(H,26,29). The van der Waals surface area contributed by atoms with Gasteiger partial charge in [-0.2, -0.15) is 0 Å². The first-order valence-electron chi connectivity index (χ1n) is 10.3. The zero-order chi connectivity index (χ0) is 22.2. The van der Waals surface area contributed by atoms with Gasteiger partial charge in [-0.25, -0.2) is 0 Å². The molecule has 0 saturated heterocycles. The van der Waals surface area contributed by atoms with Crippen LogP contribution in [0, 0.1) is 0 Å². The van der Waals surface area contributed by atoms with E-state index in [0.29, 0.717) is 18.8 Å². The molecule has 6 nitrogen and oxygen atoms in total. The first kappa shape index (κ1) is 22.2. The Morgan fingerprint density at radius 1 is 1.00 bits per heavy atom. The molecule has 0 aliphatic heterocycles. The molecule has 0 aliphatic rings. The van der Waals surface area contributed by atoms with Crippen LogP contribution < -0.4 is 14.8 Å². The topological polar surface area (TPSA) is 67.9 Å². The van der Waals surface area contributed by atoms with Crippen LogP contribution >= 0.6 is 0 Å². The number of rotatable bonds is 9. The Kier molecular flexibility index (Phi) is 7.49. The first-order valence-corrected chi connectivity index (χ1v) is 10.3. The highest BCUT2D eigenvalue weighted by atomic mass is 16.5. The van der Waals surface area contributed by atoms with Gasteiger partial charge in [0.2, 0.25) is 5.91 Å². The monoisotopic (exact) mass is 420 g/mol. The van der Waals surface area contributed by atoms with Crippen molar-refractivity contribution in [3.8, 4) is 11.5 Å². The number of carbonyl (C=O) groups is 2. The number of likely N-dealkylation sites (N-methyl/N-ethyl adjacent to an activating group) is 1. The lowest BCUT2D eigenvalue weighted by atomic mass is 10.1. The molecule has 0 heterocycles. The van der Waals surface area contributed by atoms with Crippen LogP contribution in [0.3, 0.4) is 0 Å². The summed E-state index contributed by atoms with van der Waals surface area (Å²) < 4.78 is 11.1. The molecule has 6 heteroatoms. The van der Waals surface area contributed by atoms with Crippen molar-refractivity contribution in [1.29, 1.82) is 0 Å². The summed E-state index contributed by atoms with van der Waals surface area (Å²) >= 11 is 0. The summed E-state index contributed by atoms with van der Waals surface area (Å²) in [5.41, 5.74) is 0.899. The van der Waals surface area contributed by atoms with E-state index in [2.05, 4.69) is 5.32 Å². The van der Waals surface area contributed by atoms with Crippen LogP contribution in [-0.2, 0) is 16.1 Å². The van der Waals surface area contributed by atoms with Crippen molar-refractivity contribution in [2.24, 2.45) is 0 Å². The molecule has 0 radical (unpaired) electrons. The maximum Gasteiger partial charge on any atom is 0.261 e. The Bertz CT molecular complexity index is 1030. The van der Waals surface area contributed by atoms with Gasteiger partial charge in [-0.05, 0) is 43.0 Å². The Morgan fingerprint density at radius 2 is 1.71 bits per heavy atom. The summed E-state index contributed by atoms with van der Waals surface area (Å²) in [6.07, 6.45) is 0. The lowest BCUT2D eigenvalue weighted by Crippen LogP contribution is -2.49. The minimum absolute atomic E-state index is 0.159. The highest BCUT2D eigenvalue weighted by Crippen LogP contribution is 2.25. The molecular weight excluding hydrogens is 392 g/mol. The van der Waals surface area contributed by atoms with Gasteiger partial charge in [0.1, 0.15) is 17.5 Å². The number of nitrogens with zero attached hydrogens (tertiary/aromatic N) is 1. The van der Waals surface area contributed by atoms with E-state index in [9.17, 15) is 9.59 Å². The van der Waals surface area contributed by atoms with Gasteiger partial charge in [0, 0.05) is 18.5 Å². The lowest BCUT2D eigenvalue weighted by Gasteiger charge is -2.28. The molecule has 0 aromatic heterocycles. The van der Waals surface area contributed by atoms with Gasteiger partial charge in [0.15, 0.2) is 6.61 Å². The van der Waals surface area contributed by atoms with E-state index in [1.807, 2.05) is 73.7 Å². The molecule has 0 spiro atoms. The van der Waals surface area contributed by atoms with E-state index in [1.54, 1.807) is 14.0 Å². The van der Waals surface area contributed by atoms with Crippen LogP contribution in [0.15, 0.2) is 66.7 Å². The summed E-state index contributed by atoms with van der Waals surface area (Å²) in [5.74, 6) is 0.913. The Labute approximate surface area is 182 Å². The number of ether oxygens (including phenoxy) is 2. The van der Waals surface area contributed by atoms with E-state index in [0.717, 1.165) is 22.1 Å². The third kappa shape index (κ3) is 5.54. The van der Waals surface area contributed by atoms with Gasteiger partial charge in [0.25, 0.3) is 5.91 Å². The molecule has 3 aromatic rings. The normalized spacial score (nSPS) is 11.6. The molecule has 0 aliphatic carbocycles. The van der Waals surface area contributed by atoms with Gasteiger partial charge < -0.3 is 19.7 Å². The van der Waals surface area contributed by atoms with E-state index < -0.39 is 6.04 Å². The minimum Gasteiger partial charge on any atom is -0.497 e. The van der Waals surface area contributed by atoms with Crippen LogP contribution in [0.5, 0.6) is 11.5 Å². The number of fused-ring (bicyclic) bond motifs is 1. The van der Waals surface area contributed by atoms with Crippen LogP contribution in [0.4, 0.5) is 0 Å². The van der Waals surface area contributed by atoms with Gasteiger partial charge in [-0.15, -0.1) is 0 Å². The quantitative estimate of drug-likeness (QED) is 0.572. The number of benzene rings is 3. The number of carbonyl (C=O) groups excluding carboxylic acids is 2. The predicted octanol–water partition coefficient (Wildman–Crippen LogP) is 3.78. The molecule has 0 fully saturated rings. The number of methoxy groups -OCH3 is 1. The van der Waals surface area contributed by atoms with Crippen molar-refractivity contribution in [3.05, 3.63) is 72.3 Å². The van der Waals surface area contributed by atoms with Crippen molar-refractivity contribution < 1.29 is 19.1 Å². The maximum absolute atomic E-state index is 13.1. The fourth-order valence-electron chi connectivity index (χ4n) is 3.38. The summed E-state index contributed by atoms with van der Waals surface area (Å²) in [7, 11) is 1.60. The van der Waals surface area contributed by atoms with Crippen molar-refractivity contribution in [1.82, 2.24) is 10.2 Å². The van der Waals surface area contributed by atoms with Crippen molar-refractivity contribution in [3.63, 3.8) is 0 Å². The van der Waals surface area contributed by atoms with E-state index in [-0.39, 0.29) is 18.4 Å². The van der Waals surface area contributed by atoms with Crippen molar-refractivity contribution in [2.45, 2.75) is 26.4 Å². The van der Waals surface area contributed by atoms with Gasteiger partial charge in [-0.3, -0.25) is 9.59 Å². The molecule has 3 aromatic carbocycles. The molecule has 1 atom stereocenters. The molecule has 31 heavy (non-hydrogen) atoms. The zero-order valence-electron chi connectivity index (χ0n) is 18.1. The molecular formula is C25H28N2O4. The zero-order valence-corrected chi connectivity index (χ0v) is 18.1. The first-order chi connectivity index (χ1) is 15.0. The summed E-state index contributed by atoms with van der Waals surface area (Å²) in [4.78, 5) is 27.1. The van der Waals surface area contributed by atoms with Crippen LogP contribution in [0.1, 0.15) is 19.4 Å². The fraction of sp³-hybridized carbons (Fsp3) is 0.280. The average Bonchev–Trinajstić information content (AvgIpc) is 2.81. The second-order valence-corrected chi connectivity index (χ2v) is 7.21. The van der Waals surface area contributed by atoms with Gasteiger partial charge in [-0.1, -0.05) is 48.5 Å².